The molecular formula is C32H36F6N6O2. The molecular weight excluding hydrogens is 614 g/mol. The molecule has 2 aromatic carbocycles. The number of hydrogen-bond acceptors (Lipinski definition) is 6. The number of benzene rings is 2. The SMILES string of the molecule is Cn1nnc(N(Cc2cc(C(F)(F)F)cc(C(F)(F)F)c2)C2CCCN(CC3CCC(C(=O)O)CC3)c3cc4c(cc32)CCC4)n1. The van der Waals surface area contributed by atoms with E-state index in [1.165, 1.54) is 15.9 Å². The molecule has 6 rings (SSSR count). The number of anilines is 2. The highest BCUT2D eigenvalue weighted by Crippen LogP contribution is 2.44. The average Bonchev–Trinajstić information content (AvgIpc) is 3.60. The van der Waals surface area contributed by atoms with E-state index >= 15 is 0 Å². The van der Waals surface area contributed by atoms with E-state index in [0.29, 0.717) is 38.1 Å². The number of halogens is 6. The van der Waals surface area contributed by atoms with Gasteiger partial charge in [0.15, 0.2) is 0 Å². The van der Waals surface area contributed by atoms with Crippen LogP contribution >= 0.6 is 0 Å². The molecule has 1 atom stereocenters. The predicted molar refractivity (Wildman–Crippen MR) is 157 cm³/mol. The van der Waals surface area contributed by atoms with Crippen molar-refractivity contribution in [2.24, 2.45) is 18.9 Å². The van der Waals surface area contributed by atoms with E-state index in [4.69, 9.17) is 0 Å². The van der Waals surface area contributed by atoms with Crippen molar-refractivity contribution in [1.82, 2.24) is 20.2 Å². The third-order valence-electron chi connectivity index (χ3n) is 9.65. The second-order valence-electron chi connectivity index (χ2n) is 12.8. The number of hydrogen-bond donors (Lipinski definition) is 1. The maximum Gasteiger partial charge on any atom is 0.416 e. The van der Waals surface area contributed by atoms with Gasteiger partial charge in [-0.15, -0.1) is 5.10 Å². The van der Waals surface area contributed by atoms with Crippen LogP contribution in [0.25, 0.3) is 0 Å². The van der Waals surface area contributed by atoms with Gasteiger partial charge in [-0.2, -0.15) is 31.1 Å². The largest absolute Gasteiger partial charge is 0.481 e. The van der Waals surface area contributed by atoms with Gasteiger partial charge < -0.3 is 14.9 Å². The molecule has 3 aliphatic rings. The standard InChI is InChI=1S/C32H36F6N6O2/c1-42-40-30(39-41-42)44(18-20-12-24(31(33,34)35)16-25(13-20)32(36,37)38)27-6-3-11-43(17-19-7-9-21(10-8-19)29(45)46)28-15-23-5-2-4-22(23)14-26(27)28/h12-16,19,21,27H,2-11,17-18H2,1H3,(H,45,46). The van der Waals surface area contributed by atoms with E-state index in [2.05, 4.69) is 32.4 Å². The molecule has 1 fully saturated rings. The summed E-state index contributed by atoms with van der Waals surface area (Å²) in [5.41, 5.74) is 1.48. The Bertz CT molecular complexity index is 1550. The zero-order valence-electron chi connectivity index (χ0n) is 25.4. The maximum atomic E-state index is 13.8. The van der Waals surface area contributed by atoms with Crippen LogP contribution in [-0.2, 0) is 43.6 Å². The lowest BCUT2D eigenvalue weighted by molar-refractivity contribution is -0.144. The van der Waals surface area contributed by atoms with E-state index in [-0.39, 0.29) is 30.0 Å². The van der Waals surface area contributed by atoms with Crippen LogP contribution in [0.2, 0.25) is 0 Å². The number of aromatic nitrogens is 4. The lowest BCUT2D eigenvalue weighted by atomic mass is 9.81. The molecule has 2 heterocycles. The monoisotopic (exact) mass is 650 g/mol. The molecule has 1 N–H and O–H groups in total. The van der Waals surface area contributed by atoms with Gasteiger partial charge in [0.2, 0.25) is 0 Å². The van der Waals surface area contributed by atoms with Gasteiger partial charge in [0, 0.05) is 25.3 Å². The first-order chi connectivity index (χ1) is 21.8. The Balaban J connectivity index is 1.39. The van der Waals surface area contributed by atoms with Gasteiger partial charge in [0.25, 0.3) is 5.95 Å². The molecule has 14 heteroatoms. The fraction of sp³-hybridized carbons (Fsp3) is 0.562. The van der Waals surface area contributed by atoms with E-state index in [1.54, 1.807) is 11.9 Å². The van der Waals surface area contributed by atoms with Gasteiger partial charge in [-0.05, 0) is 115 Å². The number of aliphatic carboxylic acids is 1. The summed E-state index contributed by atoms with van der Waals surface area (Å²) in [4.78, 5) is 16.8. The first-order valence-corrected chi connectivity index (χ1v) is 15.7. The molecule has 0 bridgehead atoms. The third-order valence-corrected chi connectivity index (χ3v) is 9.65. The summed E-state index contributed by atoms with van der Waals surface area (Å²) in [7, 11) is 1.55. The van der Waals surface area contributed by atoms with Gasteiger partial charge in [0.05, 0.1) is 30.1 Å². The molecule has 1 unspecified atom stereocenters. The summed E-state index contributed by atoms with van der Waals surface area (Å²) in [5.74, 6) is -0.637. The van der Waals surface area contributed by atoms with Crippen LogP contribution in [0.1, 0.15) is 84.4 Å². The lowest BCUT2D eigenvalue weighted by Crippen LogP contribution is -2.34. The molecule has 0 spiro atoms. The normalized spacial score (nSPS) is 21.9. The Hall–Kier alpha value is -3.84. The summed E-state index contributed by atoms with van der Waals surface area (Å²) < 4.78 is 82.7. The molecule has 0 radical (unpaired) electrons. The number of nitrogens with zero attached hydrogens (tertiary/aromatic N) is 6. The minimum Gasteiger partial charge on any atom is -0.481 e. The van der Waals surface area contributed by atoms with Crippen LogP contribution in [0, 0.1) is 11.8 Å². The van der Waals surface area contributed by atoms with Crippen molar-refractivity contribution in [1.29, 1.82) is 0 Å². The van der Waals surface area contributed by atoms with Crippen molar-refractivity contribution < 1.29 is 36.2 Å². The number of carboxylic acids is 1. The molecule has 8 nitrogen and oxygen atoms in total. The molecule has 2 aliphatic carbocycles. The summed E-state index contributed by atoms with van der Waals surface area (Å²) in [6.07, 6.45) is -2.94. The Morgan fingerprint density at radius 3 is 2.15 bits per heavy atom. The van der Waals surface area contributed by atoms with Gasteiger partial charge >= 0.3 is 18.3 Å². The smallest absolute Gasteiger partial charge is 0.416 e. The Morgan fingerprint density at radius 2 is 1.57 bits per heavy atom. The first kappa shape index (κ1) is 32.1. The molecule has 248 valence electrons. The highest BCUT2D eigenvalue weighted by atomic mass is 19.4. The van der Waals surface area contributed by atoms with Crippen molar-refractivity contribution in [3.8, 4) is 0 Å². The van der Waals surface area contributed by atoms with E-state index in [9.17, 15) is 36.2 Å². The highest BCUT2D eigenvalue weighted by Gasteiger charge is 2.38. The van der Waals surface area contributed by atoms with Gasteiger partial charge in [-0.25, -0.2) is 0 Å². The number of carbonyl (C=O) groups is 1. The van der Waals surface area contributed by atoms with Crippen LogP contribution in [-0.4, -0.2) is 44.4 Å². The minimum atomic E-state index is -4.97. The Kier molecular flexibility index (Phi) is 8.66. The van der Waals surface area contributed by atoms with Crippen molar-refractivity contribution in [3.05, 3.63) is 63.7 Å². The van der Waals surface area contributed by atoms with E-state index in [1.807, 2.05) is 0 Å². The highest BCUT2D eigenvalue weighted by molar-refractivity contribution is 5.70. The second-order valence-corrected chi connectivity index (χ2v) is 12.8. The van der Waals surface area contributed by atoms with Crippen molar-refractivity contribution in [2.75, 3.05) is 22.9 Å². The number of rotatable bonds is 7. The van der Waals surface area contributed by atoms with Crippen LogP contribution in [0.4, 0.5) is 38.0 Å². The quantitative estimate of drug-likeness (QED) is 0.276. The third kappa shape index (κ3) is 6.80. The summed E-state index contributed by atoms with van der Waals surface area (Å²) >= 11 is 0. The topological polar surface area (TPSA) is 87.4 Å². The minimum absolute atomic E-state index is 0.116. The molecule has 0 saturated heterocycles. The summed E-state index contributed by atoms with van der Waals surface area (Å²) in [6.45, 7) is 1.17. The van der Waals surface area contributed by atoms with Gasteiger partial charge in [-0.1, -0.05) is 11.2 Å². The lowest BCUT2D eigenvalue weighted by Gasteiger charge is -2.35. The molecule has 1 aliphatic heterocycles. The number of fused-ring (bicyclic) bond motifs is 2. The molecule has 0 amide bonds. The Morgan fingerprint density at radius 1 is 0.913 bits per heavy atom. The molecule has 1 saturated carbocycles. The summed E-state index contributed by atoms with van der Waals surface area (Å²) in [6, 6.07) is 5.57. The number of tetrazole rings is 1. The van der Waals surface area contributed by atoms with E-state index in [0.717, 1.165) is 62.0 Å². The zero-order valence-corrected chi connectivity index (χ0v) is 25.4. The van der Waals surface area contributed by atoms with Crippen LogP contribution in [0.15, 0.2) is 30.3 Å². The van der Waals surface area contributed by atoms with Crippen molar-refractivity contribution in [3.63, 3.8) is 0 Å². The second kappa shape index (κ2) is 12.4. The van der Waals surface area contributed by atoms with Crippen LogP contribution < -0.4 is 9.80 Å². The molecule has 1 aromatic heterocycles. The van der Waals surface area contributed by atoms with Crippen molar-refractivity contribution in [2.45, 2.75) is 82.7 Å². The predicted octanol–water partition coefficient (Wildman–Crippen LogP) is 6.98. The van der Waals surface area contributed by atoms with Gasteiger partial charge in [0.1, 0.15) is 0 Å². The zero-order chi connectivity index (χ0) is 32.8. The number of carboxylic acid groups (broad SMARTS) is 1. The van der Waals surface area contributed by atoms with Crippen LogP contribution in [0.3, 0.4) is 0 Å². The maximum absolute atomic E-state index is 13.8. The van der Waals surface area contributed by atoms with Gasteiger partial charge in [-0.3, -0.25) is 4.79 Å². The number of aryl methyl sites for hydroxylation is 3. The van der Waals surface area contributed by atoms with Crippen molar-refractivity contribution >= 4 is 17.6 Å². The van der Waals surface area contributed by atoms with Crippen LogP contribution in [0.5, 0.6) is 0 Å². The van der Waals surface area contributed by atoms with E-state index < -0.39 is 35.5 Å². The first-order valence-electron chi connectivity index (χ1n) is 15.7. The molecule has 3 aromatic rings. The fourth-order valence-electron chi connectivity index (χ4n) is 7.36. The molecule has 46 heavy (non-hydrogen) atoms. The Labute approximate surface area is 262 Å². The average molecular weight is 651 g/mol. The fourth-order valence-corrected chi connectivity index (χ4v) is 7.36. The number of alkyl halides is 6. The summed E-state index contributed by atoms with van der Waals surface area (Å²) in [5, 5.41) is 21.9.